The third kappa shape index (κ3) is 1.56. The van der Waals surface area contributed by atoms with E-state index in [1.807, 2.05) is 0 Å². The van der Waals surface area contributed by atoms with Crippen LogP contribution in [0.4, 0.5) is 4.39 Å². The zero-order valence-electron chi connectivity index (χ0n) is 7.46. The number of pyridine rings is 1. The zero-order chi connectivity index (χ0) is 9.31. The van der Waals surface area contributed by atoms with Crippen LogP contribution in [0.1, 0.15) is 31.2 Å². The largest absolute Gasteiger partial charge is 0.321 e. The van der Waals surface area contributed by atoms with Gasteiger partial charge in [0.2, 0.25) is 0 Å². The maximum Gasteiger partial charge on any atom is 0.141 e. The first-order valence-corrected chi connectivity index (χ1v) is 4.61. The van der Waals surface area contributed by atoms with E-state index in [1.165, 1.54) is 12.3 Å². The molecule has 0 aliphatic heterocycles. The van der Waals surface area contributed by atoms with Crippen molar-refractivity contribution < 1.29 is 4.39 Å². The van der Waals surface area contributed by atoms with E-state index in [-0.39, 0.29) is 11.4 Å². The summed E-state index contributed by atoms with van der Waals surface area (Å²) in [6.45, 7) is 0. The van der Waals surface area contributed by atoms with Crippen molar-refractivity contribution >= 4 is 0 Å². The Morgan fingerprint density at radius 1 is 1.31 bits per heavy atom. The van der Waals surface area contributed by atoms with Gasteiger partial charge in [0.05, 0.1) is 6.20 Å². The lowest BCUT2D eigenvalue weighted by Gasteiger charge is -2.23. The number of hydrogen-bond acceptors (Lipinski definition) is 2. The Morgan fingerprint density at radius 2 is 2.00 bits per heavy atom. The van der Waals surface area contributed by atoms with Crippen molar-refractivity contribution in [2.45, 2.75) is 31.2 Å². The highest BCUT2D eigenvalue weighted by Crippen LogP contribution is 2.35. The number of aromatic nitrogens is 1. The lowest BCUT2D eigenvalue weighted by Crippen LogP contribution is -2.33. The van der Waals surface area contributed by atoms with Crippen LogP contribution in [-0.2, 0) is 5.54 Å². The molecule has 0 atom stereocenters. The van der Waals surface area contributed by atoms with E-state index >= 15 is 0 Å². The average Bonchev–Trinajstić information content (AvgIpc) is 2.54. The normalized spacial score (nSPS) is 20.5. The summed E-state index contributed by atoms with van der Waals surface area (Å²) in [5.74, 6) is -0.297. The summed E-state index contributed by atoms with van der Waals surface area (Å²) < 4.78 is 12.9. The molecule has 1 aliphatic rings. The summed E-state index contributed by atoms with van der Waals surface area (Å²) in [7, 11) is 0. The van der Waals surface area contributed by atoms with Crippen LogP contribution in [0.25, 0.3) is 0 Å². The molecule has 1 saturated carbocycles. The molecule has 0 unspecified atom stereocenters. The highest BCUT2D eigenvalue weighted by molar-refractivity contribution is 5.21. The van der Waals surface area contributed by atoms with Gasteiger partial charge in [-0.25, -0.2) is 4.39 Å². The van der Waals surface area contributed by atoms with Crippen LogP contribution in [-0.4, -0.2) is 4.98 Å². The topological polar surface area (TPSA) is 38.9 Å². The van der Waals surface area contributed by atoms with Crippen molar-refractivity contribution in [3.8, 4) is 0 Å². The van der Waals surface area contributed by atoms with E-state index in [2.05, 4.69) is 4.98 Å². The Hall–Kier alpha value is -0.960. The summed E-state index contributed by atoms with van der Waals surface area (Å²) >= 11 is 0. The molecule has 1 aromatic heterocycles. The minimum atomic E-state index is -0.324. The summed E-state index contributed by atoms with van der Waals surface area (Å²) in [6.07, 6.45) is 7.03. The molecule has 1 aromatic rings. The molecule has 2 nitrogen and oxygen atoms in total. The summed E-state index contributed by atoms with van der Waals surface area (Å²) in [6, 6.07) is 1.50. The number of nitrogens with two attached hydrogens (primary N) is 1. The number of rotatable bonds is 1. The molecule has 1 aliphatic carbocycles. The second-order valence-corrected chi connectivity index (χ2v) is 3.76. The van der Waals surface area contributed by atoms with E-state index in [1.54, 1.807) is 6.20 Å². The molecule has 70 valence electrons. The molecule has 0 saturated heterocycles. The van der Waals surface area contributed by atoms with E-state index in [4.69, 9.17) is 5.73 Å². The Balaban J connectivity index is 2.33. The molecule has 2 N–H and O–H groups in total. The van der Waals surface area contributed by atoms with Crippen molar-refractivity contribution in [1.29, 1.82) is 0 Å². The fourth-order valence-electron chi connectivity index (χ4n) is 1.98. The van der Waals surface area contributed by atoms with Gasteiger partial charge in [0.1, 0.15) is 5.82 Å². The molecule has 0 spiro atoms. The molecule has 3 heteroatoms. The maximum atomic E-state index is 12.9. The lowest BCUT2D eigenvalue weighted by atomic mass is 9.91. The summed E-state index contributed by atoms with van der Waals surface area (Å²) in [5.41, 5.74) is 6.66. The second-order valence-electron chi connectivity index (χ2n) is 3.76. The van der Waals surface area contributed by atoms with Crippen molar-refractivity contribution in [3.63, 3.8) is 0 Å². The van der Waals surface area contributed by atoms with Gasteiger partial charge in [-0.15, -0.1) is 0 Å². The molecule has 2 rings (SSSR count). The van der Waals surface area contributed by atoms with Crippen LogP contribution >= 0.6 is 0 Å². The Kier molecular flexibility index (Phi) is 2.04. The summed E-state index contributed by atoms with van der Waals surface area (Å²) in [4.78, 5) is 3.82. The van der Waals surface area contributed by atoms with E-state index in [0.29, 0.717) is 0 Å². The fraction of sp³-hybridized carbons (Fsp3) is 0.500. The number of nitrogens with zero attached hydrogens (tertiary/aromatic N) is 1. The molecule has 1 fully saturated rings. The van der Waals surface area contributed by atoms with Crippen molar-refractivity contribution in [3.05, 3.63) is 29.8 Å². The minimum Gasteiger partial charge on any atom is -0.321 e. The quantitative estimate of drug-likeness (QED) is 0.717. The average molecular weight is 180 g/mol. The monoisotopic (exact) mass is 180 g/mol. The molecule has 13 heavy (non-hydrogen) atoms. The standard InChI is InChI=1S/C10H13FN2/c11-9-5-8(6-13-7-9)10(12)3-1-2-4-10/h5-7H,1-4,12H2. The Bertz CT molecular complexity index is 306. The van der Waals surface area contributed by atoms with Crippen LogP contribution in [0, 0.1) is 5.82 Å². The van der Waals surface area contributed by atoms with Gasteiger partial charge < -0.3 is 5.73 Å². The van der Waals surface area contributed by atoms with E-state index in [0.717, 1.165) is 31.2 Å². The molecule has 0 bridgehead atoms. The van der Waals surface area contributed by atoms with E-state index in [9.17, 15) is 4.39 Å². The van der Waals surface area contributed by atoms with Gasteiger partial charge in [-0.1, -0.05) is 12.8 Å². The third-order valence-electron chi connectivity index (χ3n) is 2.78. The highest BCUT2D eigenvalue weighted by Gasteiger charge is 2.31. The highest BCUT2D eigenvalue weighted by atomic mass is 19.1. The first kappa shape index (κ1) is 8.63. The molecular weight excluding hydrogens is 167 g/mol. The van der Waals surface area contributed by atoms with Crippen molar-refractivity contribution in [2.75, 3.05) is 0 Å². The maximum absolute atomic E-state index is 12.9. The molecule has 0 amide bonds. The van der Waals surface area contributed by atoms with Gasteiger partial charge in [0, 0.05) is 11.7 Å². The van der Waals surface area contributed by atoms with Gasteiger partial charge >= 0.3 is 0 Å². The number of hydrogen-bond donors (Lipinski definition) is 1. The van der Waals surface area contributed by atoms with Crippen molar-refractivity contribution in [2.24, 2.45) is 5.73 Å². The zero-order valence-corrected chi connectivity index (χ0v) is 7.46. The smallest absolute Gasteiger partial charge is 0.141 e. The SMILES string of the molecule is NC1(c2cncc(F)c2)CCCC1. The Labute approximate surface area is 77.0 Å². The minimum absolute atomic E-state index is 0.297. The third-order valence-corrected chi connectivity index (χ3v) is 2.78. The van der Waals surface area contributed by atoms with Crippen LogP contribution in [0.5, 0.6) is 0 Å². The van der Waals surface area contributed by atoms with Crippen molar-refractivity contribution in [1.82, 2.24) is 4.98 Å². The molecular formula is C10H13FN2. The first-order chi connectivity index (χ1) is 6.21. The predicted octanol–water partition coefficient (Wildman–Crippen LogP) is 1.95. The van der Waals surface area contributed by atoms with Gasteiger partial charge in [-0.2, -0.15) is 0 Å². The van der Waals surface area contributed by atoms with Crippen LogP contribution in [0.2, 0.25) is 0 Å². The van der Waals surface area contributed by atoms with Crippen LogP contribution in [0.3, 0.4) is 0 Å². The fourth-order valence-corrected chi connectivity index (χ4v) is 1.98. The van der Waals surface area contributed by atoms with Crippen LogP contribution < -0.4 is 5.73 Å². The second kappa shape index (κ2) is 3.07. The lowest BCUT2D eigenvalue weighted by molar-refractivity contribution is 0.455. The molecule has 0 radical (unpaired) electrons. The van der Waals surface area contributed by atoms with Crippen LogP contribution in [0.15, 0.2) is 18.5 Å². The first-order valence-electron chi connectivity index (χ1n) is 4.61. The van der Waals surface area contributed by atoms with Gasteiger partial charge in [-0.05, 0) is 24.5 Å². The van der Waals surface area contributed by atoms with Gasteiger partial charge in [0.25, 0.3) is 0 Å². The number of halogens is 1. The summed E-state index contributed by atoms with van der Waals surface area (Å²) in [5, 5.41) is 0. The van der Waals surface area contributed by atoms with Gasteiger partial charge in [-0.3, -0.25) is 4.98 Å². The Morgan fingerprint density at radius 3 is 2.62 bits per heavy atom. The molecule has 0 aromatic carbocycles. The van der Waals surface area contributed by atoms with Gasteiger partial charge in [0.15, 0.2) is 0 Å². The molecule has 1 heterocycles. The predicted molar refractivity (Wildman–Crippen MR) is 48.5 cm³/mol. The van der Waals surface area contributed by atoms with E-state index < -0.39 is 0 Å².